The molecule has 2 aromatic rings. The number of hydrogen-bond donors (Lipinski definition) is 2. The van der Waals surface area contributed by atoms with Gasteiger partial charge in [-0.15, -0.1) is 0 Å². The Morgan fingerprint density at radius 3 is 2.45 bits per heavy atom. The molecule has 0 spiro atoms. The molecule has 2 aromatic heterocycles. The minimum absolute atomic E-state index is 0.0185. The average Bonchev–Trinajstić information content (AvgIpc) is 3.05. The van der Waals surface area contributed by atoms with Crippen LogP contribution < -0.4 is 5.32 Å². The van der Waals surface area contributed by atoms with Crippen LogP contribution in [-0.4, -0.2) is 41.1 Å². The summed E-state index contributed by atoms with van der Waals surface area (Å²) >= 11 is 0. The molecule has 3 rings (SSSR count). The molecule has 11 heteroatoms. The van der Waals surface area contributed by atoms with Gasteiger partial charge in [0.25, 0.3) is 0 Å². The van der Waals surface area contributed by atoms with E-state index in [4.69, 9.17) is 0 Å². The summed E-state index contributed by atoms with van der Waals surface area (Å²) in [7, 11) is -3.50. The highest BCUT2D eigenvalue weighted by atomic mass is 32.2. The van der Waals surface area contributed by atoms with Crippen LogP contribution in [0.4, 0.5) is 19.0 Å². The van der Waals surface area contributed by atoms with Gasteiger partial charge < -0.3 is 10.4 Å². The van der Waals surface area contributed by atoms with E-state index in [1.165, 1.54) is 12.1 Å². The average molecular weight is 432 g/mol. The van der Waals surface area contributed by atoms with Crippen LogP contribution in [0.3, 0.4) is 0 Å². The zero-order valence-corrected chi connectivity index (χ0v) is 16.7. The second-order valence-corrected chi connectivity index (χ2v) is 9.27. The molecule has 0 unspecified atom stereocenters. The van der Waals surface area contributed by atoms with E-state index in [0.29, 0.717) is 12.5 Å². The number of aliphatic hydroxyl groups excluding tert-OH is 1. The first-order valence-corrected chi connectivity index (χ1v) is 11.2. The third-order valence-electron chi connectivity index (χ3n) is 5.06. The molecule has 1 aliphatic carbocycles. The summed E-state index contributed by atoms with van der Waals surface area (Å²) in [5.74, 6) is 0.368. The lowest BCUT2D eigenvalue weighted by Crippen LogP contribution is -2.19. The van der Waals surface area contributed by atoms with Crippen molar-refractivity contribution in [2.45, 2.75) is 49.8 Å². The smallest absolute Gasteiger partial charge is 0.391 e. The van der Waals surface area contributed by atoms with Gasteiger partial charge in [0, 0.05) is 19.0 Å². The lowest BCUT2D eigenvalue weighted by Gasteiger charge is -2.22. The number of aromatic nitrogens is 3. The molecule has 2 heterocycles. The van der Waals surface area contributed by atoms with Gasteiger partial charge in [-0.3, -0.25) is 0 Å². The van der Waals surface area contributed by atoms with Gasteiger partial charge in [0.05, 0.1) is 17.1 Å². The quantitative estimate of drug-likeness (QED) is 0.728. The summed E-state index contributed by atoms with van der Waals surface area (Å²) in [4.78, 5) is 3.92. The molecule has 0 aromatic carbocycles. The predicted octanol–water partition coefficient (Wildman–Crippen LogP) is 3.17. The van der Waals surface area contributed by atoms with Crippen LogP contribution in [0.25, 0.3) is 5.82 Å². The van der Waals surface area contributed by atoms with Crippen LogP contribution in [-0.2, 0) is 22.6 Å². The van der Waals surface area contributed by atoms with E-state index >= 15 is 0 Å². The maximum atomic E-state index is 13.4. The molecule has 2 N–H and O–H groups in total. The summed E-state index contributed by atoms with van der Waals surface area (Å²) in [5.41, 5.74) is -1.55. The third-order valence-corrected chi connectivity index (χ3v) is 6.16. The Hall–Kier alpha value is -2.14. The zero-order valence-electron chi connectivity index (χ0n) is 15.9. The molecule has 1 aliphatic rings. The molecule has 1 saturated carbocycles. The molecule has 0 radical (unpaired) electrons. The maximum Gasteiger partial charge on any atom is 0.435 e. The van der Waals surface area contributed by atoms with Gasteiger partial charge in [0.15, 0.2) is 21.3 Å². The Kier molecular flexibility index (Phi) is 6.18. The summed E-state index contributed by atoms with van der Waals surface area (Å²) in [5, 5.41) is 16.3. The number of nitrogens with one attached hydrogen (secondary N) is 1. The fourth-order valence-electron chi connectivity index (χ4n) is 3.52. The molecule has 0 amide bonds. The normalized spacial score (nSPS) is 16.2. The number of sulfone groups is 1. The minimum Gasteiger partial charge on any atom is -0.391 e. The fraction of sp³-hybridized carbons (Fsp3) is 0.556. The first-order chi connectivity index (χ1) is 13.6. The van der Waals surface area contributed by atoms with Gasteiger partial charge in [-0.05, 0) is 30.9 Å². The number of pyridine rings is 1. The van der Waals surface area contributed by atoms with Crippen LogP contribution in [0.1, 0.15) is 43.4 Å². The van der Waals surface area contributed by atoms with Crippen molar-refractivity contribution >= 4 is 15.7 Å². The van der Waals surface area contributed by atoms with Crippen LogP contribution in [0, 0.1) is 5.92 Å². The molecule has 1 fully saturated rings. The van der Waals surface area contributed by atoms with Crippen LogP contribution >= 0.6 is 0 Å². The lowest BCUT2D eigenvalue weighted by molar-refractivity contribution is -0.142. The lowest BCUT2D eigenvalue weighted by atomic mass is 9.89. The van der Waals surface area contributed by atoms with E-state index in [2.05, 4.69) is 15.4 Å². The highest BCUT2D eigenvalue weighted by Crippen LogP contribution is 2.36. The van der Waals surface area contributed by atoms with Crippen molar-refractivity contribution in [2.75, 3.05) is 18.1 Å². The van der Waals surface area contributed by atoms with Crippen molar-refractivity contribution < 1.29 is 26.7 Å². The van der Waals surface area contributed by atoms with E-state index < -0.39 is 28.3 Å². The van der Waals surface area contributed by atoms with Gasteiger partial charge in [-0.2, -0.15) is 23.0 Å². The maximum absolute atomic E-state index is 13.4. The van der Waals surface area contributed by atoms with Gasteiger partial charge >= 0.3 is 6.18 Å². The summed E-state index contributed by atoms with van der Waals surface area (Å²) in [6.07, 6.45) is 2.64. The molecule has 7 nitrogen and oxygen atoms in total. The molecule has 0 atom stereocenters. The Bertz CT molecular complexity index is 950. The number of nitrogens with zero attached hydrogens (tertiary/aromatic N) is 3. The Morgan fingerprint density at radius 2 is 1.93 bits per heavy atom. The zero-order chi connectivity index (χ0) is 21.2. The standard InChI is InChI=1S/C18H23F3N4O3S/c1-29(27,28)13-7-8-15(22-10-13)25-17(23-9-12-5-3-2-4-6-12)14(11-26)16(24-25)18(19,20)21/h7-8,10,12,23,26H,2-6,9,11H2,1H3. The van der Waals surface area contributed by atoms with Crippen molar-refractivity contribution in [1.29, 1.82) is 0 Å². The Balaban J connectivity index is 2.00. The van der Waals surface area contributed by atoms with Gasteiger partial charge in [-0.25, -0.2) is 13.4 Å². The highest BCUT2D eigenvalue weighted by molar-refractivity contribution is 7.90. The van der Waals surface area contributed by atoms with Gasteiger partial charge in [0.2, 0.25) is 0 Å². The number of hydrogen-bond acceptors (Lipinski definition) is 6. The fourth-order valence-corrected chi connectivity index (χ4v) is 4.08. The van der Waals surface area contributed by atoms with Gasteiger partial charge in [-0.1, -0.05) is 19.3 Å². The molecule has 0 aliphatic heterocycles. The molecule has 160 valence electrons. The van der Waals surface area contributed by atoms with Crippen LogP contribution in [0.15, 0.2) is 23.2 Å². The summed E-state index contributed by atoms with van der Waals surface area (Å²) in [6, 6.07) is 2.55. The number of rotatable bonds is 6. The van der Waals surface area contributed by atoms with E-state index in [0.717, 1.165) is 49.2 Å². The second kappa shape index (κ2) is 8.31. The molecule has 0 bridgehead atoms. The molecule has 29 heavy (non-hydrogen) atoms. The highest BCUT2D eigenvalue weighted by Gasteiger charge is 2.39. The van der Waals surface area contributed by atoms with E-state index in [1.807, 2.05) is 0 Å². The Labute approximate surface area is 166 Å². The monoisotopic (exact) mass is 432 g/mol. The Morgan fingerprint density at radius 1 is 1.24 bits per heavy atom. The number of anilines is 1. The van der Waals surface area contributed by atoms with Crippen LogP contribution in [0.2, 0.25) is 0 Å². The summed E-state index contributed by atoms with van der Waals surface area (Å²) < 4.78 is 64.5. The van der Waals surface area contributed by atoms with E-state index in [-0.39, 0.29) is 22.1 Å². The predicted molar refractivity (Wildman–Crippen MR) is 100 cm³/mol. The number of aliphatic hydroxyl groups is 1. The molecule has 0 saturated heterocycles. The van der Waals surface area contributed by atoms with Crippen molar-refractivity contribution in [3.63, 3.8) is 0 Å². The molecular weight excluding hydrogens is 409 g/mol. The topological polar surface area (TPSA) is 97.1 Å². The van der Waals surface area contributed by atoms with E-state index in [9.17, 15) is 26.7 Å². The van der Waals surface area contributed by atoms with Gasteiger partial charge in [0.1, 0.15) is 5.82 Å². The first kappa shape index (κ1) is 21.6. The largest absolute Gasteiger partial charge is 0.435 e. The van der Waals surface area contributed by atoms with Crippen molar-refractivity contribution in [3.05, 3.63) is 29.6 Å². The SMILES string of the molecule is CS(=O)(=O)c1ccc(-n2nc(C(F)(F)F)c(CO)c2NCC2CCCCC2)nc1. The van der Waals surface area contributed by atoms with Crippen molar-refractivity contribution in [2.24, 2.45) is 5.92 Å². The van der Waals surface area contributed by atoms with Crippen LogP contribution in [0.5, 0.6) is 0 Å². The summed E-state index contributed by atoms with van der Waals surface area (Å²) in [6.45, 7) is -0.388. The van der Waals surface area contributed by atoms with Crippen molar-refractivity contribution in [1.82, 2.24) is 14.8 Å². The second-order valence-electron chi connectivity index (χ2n) is 7.25. The minimum atomic E-state index is -4.75. The molecular formula is C18H23F3N4O3S. The van der Waals surface area contributed by atoms with E-state index in [1.54, 1.807) is 0 Å². The first-order valence-electron chi connectivity index (χ1n) is 9.31. The van der Waals surface area contributed by atoms with Crippen molar-refractivity contribution in [3.8, 4) is 5.82 Å². The number of halogens is 3. The number of alkyl halides is 3. The third kappa shape index (κ3) is 4.89.